The summed E-state index contributed by atoms with van der Waals surface area (Å²) in [4.78, 5) is 15.3. The Morgan fingerprint density at radius 2 is 2.44 bits per heavy atom. The fraction of sp³-hybridized carbons (Fsp3) is 0.615. The molecule has 0 aliphatic carbocycles. The highest BCUT2D eigenvalue weighted by molar-refractivity contribution is 7.09. The molecule has 1 fully saturated rings. The lowest BCUT2D eigenvalue weighted by atomic mass is 9.97. The summed E-state index contributed by atoms with van der Waals surface area (Å²) in [6.07, 6.45) is 1.84. The van der Waals surface area contributed by atoms with Crippen LogP contribution in [-0.4, -0.2) is 29.8 Å². The molecule has 1 aromatic heterocycles. The molecule has 88 valence electrons. The normalized spacial score (nSPS) is 24.6. The third-order valence-electron chi connectivity index (χ3n) is 3.40. The summed E-state index contributed by atoms with van der Waals surface area (Å²) < 4.78 is 0. The Hall–Kier alpha value is -0.670. The molecule has 1 aromatic rings. The van der Waals surface area contributed by atoms with Gasteiger partial charge in [-0.1, -0.05) is 13.0 Å². The summed E-state index contributed by atoms with van der Waals surface area (Å²) in [7, 11) is 0. The number of carbonyl (C=O) groups excluding carboxylic acids is 1. The molecule has 1 aliphatic heterocycles. The predicted molar refractivity (Wildman–Crippen MR) is 67.8 cm³/mol. The van der Waals surface area contributed by atoms with Gasteiger partial charge in [-0.2, -0.15) is 0 Å². The Morgan fingerprint density at radius 3 is 3.06 bits per heavy atom. The molecular formula is C13H19NOS. The van der Waals surface area contributed by atoms with E-state index in [1.807, 2.05) is 18.3 Å². The second kappa shape index (κ2) is 5.11. The molecule has 2 heterocycles. The minimum Gasteiger partial charge on any atom is -0.299 e. The number of Topliss-reactive ketones (excluding diaryl/α,β-unsaturated/α-hetero) is 1. The van der Waals surface area contributed by atoms with E-state index in [9.17, 15) is 4.79 Å². The quantitative estimate of drug-likeness (QED) is 0.805. The highest BCUT2D eigenvalue weighted by Gasteiger charge is 2.26. The monoisotopic (exact) mass is 237 g/mol. The zero-order valence-corrected chi connectivity index (χ0v) is 10.8. The van der Waals surface area contributed by atoms with Gasteiger partial charge in [-0.15, -0.1) is 11.3 Å². The van der Waals surface area contributed by atoms with Gasteiger partial charge in [0, 0.05) is 36.3 Å². The molecule has 0 saturated carbocycles. The number of hydrogen-bond acceptors (Lipinski definition) is 3. The molecule has 0 spiro atoms. The minimum atomic E-state index is 0.222. The second-order valence-corrected chi connectivity index (χ2v) is 5.78. The van der Waals surface area contributed by atoms with Crippen LogP contribution < -0.4 is 0 Å². The number of rotatable bonds is 3. The number of piperidine rings is 1. The first-order valence-corrected chi connectivity index (χ1v) is 6.84. The van der Waals surface area contributed by atoms with Gasteiger partial charge in [0.2, 0.25) is 0 Å². The summed E-state index contributed by atoms with van der Waals surface area (Å²) in [6, 6.07) is 4.85. The van der Waals surface area contributed by atoms with Crippen molar-refractivity contribution in [3.63, 3.8) is 0 Å². The number of likely N-dealkylation sites (tertiary alicyclic amines) is 1. The van der Waals surface area contributed by atoms with Crippen molar-refractivity contribution in [3.05, 3.63) is 22.4 Å². The molecule has 0 N–H and O–H groups in total. The van der Waals surface area contributed by atoms with Crippen LogP contribution in [0.25, 0.3) is 0 Å². The van der Waals surface area contributed by atoms with Crippen molar-refractivity contribution in [3.8, 4) is 0 Å². The van der Waals surface area contributed by atoms with Gasteiger partial charge in [-0.3, -0.25) is 9.69 Å². The van der Waals surface area contributed by atoms with E-state index >= 15 is 0 Å². The van der Waals surface area contributed by atoms with Crippen molar-refractivity contribution in [1.82, 2.24) is 4.90 Å². The van der Waals surface area contributed by atoms with E-state index in [0.717, 1.165) is 25.9 Å². The second-order valence-electron chi connectivity index (χ2n) is 4.74. The maximum Gasteiger partial charge on any atom is 0.138 e. The van der Waals surface area contributed by atoms with Crippen molar-refractivity contribution in [2.45, 2.75) is 32.7 Å². The van der Waals surface area contributed by atoms with E-state index in [1.54, 1.807) is 0 Å². The van der Waals surface area contributed by atoms with E-state index in [1.165, 1.54) is 4.88 Å². The standard InChI is InChI=1S/C13H19NOS/c1-10-9-14(6-5-13(10)15)11(2)8-12-4-3-7-16-12/h3-4,7,10-11H,5-6,8-9H2,1-2H3. The fourth-order valence-corrected chi connectivity index (χ4v) is 3.12. The lowest BCUT2D eigenvalue weighted by molar-refractivity contribution is -0.126. The molecule has 2 rings (SSSR count). The van der Waals surface area contributed by atoms with E-state index in [0.29, 0.717) is 11.8 Å². The lowest BCUT2D eigenvalue weighted by Crippen LogP contribution is -2.45. The number of carbonyl (C=O) groups is 1. The van der Waals surface area contributed by atoms with Crippen LogP contribution in [0.4, 0.5) is 0 Å². The number of ketones is 1. The molecule has 1 saturated heterocycles. The zero-order valence-electron chi connectivity index (χ0n) is 9.98. The van der Waals surface area contributed by atoms with Crippen LogP contribution in [0.5, 0.6) is 0 Å². The minimum absolute atomic E-state index is 0.222. The number of thiophene rings is 1. The van der Waals surface area contributed by atoms with Gasteiger partial charge >= 0.3 is 0 Å². The molecule has 0 bridgehead atoms. The maximum atomic E-state index is 11.5. The van der Waals surface area contributed by atoms with E-state index in [2.05, 4.69) is 29.3 Å². The average molecular weight is 237 g/mol. The van der Waals surface area contributed by atoms with E-state index < -0.39 is 0 Å². The van der Waals surface area contributed by atoms with Gasteiger partial charge in [0.15, 0.2) is 0 Å². The van der Waals surface area contributed by atoms with Crippen molar-refractivity contribution in [2.75, 3.05) is 13.1 Å². The predicted octanol–water partition coefficient (Wildman–Crippen LogP) is 2.59. The SMILES string of the molecule is CC1CN(C(C)Cc2cccs2)CCC1=O. The van der Waals surface area contributed by atoms with Crippen molar-refractivity contribution in [2.24, 2.45) is 5.92 Å². The van der Waals surface area contributed by atoms with Crippen LogP contribution >= 0.6 is 11.3 Å². The Kier molecular flexibility index (Phi) is 3.77. The third kappa shape index (κ3) is 2.71. The smallest absolute Gasteiger partial charge is 0.138 e. The molecule has 2 atom stereocenters. The molecule has 2 nitrogen and oxygen atoms in total. The van der Waals surface area contributed by atoms with E-state index in [-0.39, 0.29) is 5.92 Å². The Balaban J connectivity index is 1.90. The zero-order chi connectivity index (χ0) is 11.5. The number of hydrogen-bond donors (Lipinski definition) is 0. The molecule has 0 radical (unpaired) electrons. The number of nitrogens with zero attached hydrogens (tertiary/aromatic N) is 1. The topological polar surface area (TPSA) is 20.3 Å². The highest BCUT2D eigenvalue weighted by Crippen LogP contribution is 2.19. The first-order chi connectivity index (χ1) is 7.66. The van der Waals surface area contributed by atoms with Gasteiger partial charge < -0.3 is 0 Å². The van der Waals surface area contributed by atoms with Gasteiger partial charge in [0.25, 0.3) is 0 Å². The summed E-state index contributed by atoms with van der Waals surface area (Å²) >= 11 is 1.82. The van der Waals surface area contributed by atoms with Gasteiger partial charge in [-0.05, 0) is 24.8 Å². The lowest BCUT2D eigenvalue weighted by Gasteiger charge is -2.34. The average Bonchev–Trinajstić information content (AvgIpc) is 2.74. The van der Waals surface area contributed by atoms with E-state index in [4.69, 9.17) is 0 Å². The summed E-state index contributed by atoms with van der Waals surface area (Å²) in [5.41, 5.74) is 0. The highest BCUT2D eigenvalue weighted by atomic mass is 32.1. The molecule has 2 unspecified atom stereocenters. The van der Waals surface area contributed by atoms with Crippen LogP contribution in [0.15, 0.2) is 17.5 Å². The molecule has 0 amide bonds. The van der Waals surface area contributed by atoms with Crippen molar-refractivity contribution in [1.29, 1.82) is 0 Å². The fourth-order valence-electron chi connectivity index (χ4n) is 2.29. The Morgan fingerprint density at radius 1 is 1.62 bits per heavy atom. The summed E-state index contributed by atoms with van der Waals surface area (Å²) in [5, 5.41) is 2.13. The van der Waals surface area contributed by atoms with Gasteiger partial charge in [0.05, 0.1) is 0 Å². The Bertz CT molecular complexity index is 347. The van der Waals surface area contributed by atoms with Crippen LogP contribution in [0, 0.1) is 5.92 Å². The van der Waals surface area contributed by atoms with Gasteiger partial charge in [-0.25, -0.2) is 0 Å². The largest absolute Gasteiger partial charge is 0.299 e. The van der Waals surface area contributed by atoms with Gasteiger partial charge in [0.1, 0.15) is 5.78 Å². The van der Waals surface area contributed by atoms with Crippen LogP contribution in [-0.2, 0) is 11.2 Å². The first-order valence-electron chi connectivity index (χ1n) is 5.96. The molecule has 1 aliphatic rings. The van der Waals surface area contributed by atoms with Crippen LogP contribution in [0.3, 0.4) is 0 Å². The molecular weight excluding hydrogens is 218 g/mol. The van der Waals surface area contributed by atoms with Crippen LogP contribution in [0.2, 0.25) is 0 Å². The van der Waals surface area contributed by atoms with Crippen molar-refractivity contribution < 1.29 is 4.79 Å². The Labute approximate surface area is 101 Å². The summed E-state index contributed by atoms with van der Waals surface area (Å²) in [6.45, 7) is 6.19. The molecule has 0 aromatic carbocycles. The van der Waals surface area contributed by atoms with Crippen molar-refractivity contribution >= 4 is 17.1 Å². The summed E-state index contributed by atoms with van der Waals surface area (Å²) in [5.74, 6) is 0.652. The molecule has 3 heteroatoms. The molecule has 16 heavy (non-hydrogen) atoms. The van der Waals surface area contributed by atoms with Crippen LogP contribution in [0.1, 0.15) is 25.1 Å². The first kappa shape index (κ1) is 11.8. The third-order valence-corrected chi connectivity index (χ3v) is 4.30. The maximum absolute atomic E-state index is 11.5.